The Morgan fingerprint density at radius 2 is 1.82 bits per heavy atom. The molecule has 17 heavy (non-hydrogen) atoms. The van der Waals surface area contributed by atoms with Crippen molar-refractivity contribution in [1.82, 2.24) is 0 Å². The molecule has 0 bridgehead atoms. The minimum atomic E-state index is -0.827. The van der Waals surface area contributed by atoms with E-state index < -0.39 is 21.2 Å². The molecule has 0 aromatic heterocycles. The molecule has 0 N–H and O–H groups in total. The lowest BCUT2D eigenvalue weighted by atomic mass is 10.2. The first-order valence-electron chi connectivity index (χ1n) is 4.76. The van der Waals surface area contributed by atoms with Crippen LogP contribution in [-0.2, 0) is 0 Å². The summed E-state index contributed by atoms with van der Waals surface area (Å²) < 4.78 is 0. The summed E-state index contributed by atoms with van der Waals surface area (Å²) in [5.74, 6) is 0. The van der Waals surface area contributed by atoms with Crippen molar-refractivity contribution < 1.29 is 9.85 Å². The average Bonchev–Trinajstić information content (AvgIpc) is 2.25. The second-order valence-electron chi connectivity index (χ2n) is 3.47. The van der Waals surface area contributed by atoms with Crippen molar-refractivity contribution in [2.24, 2.45) is 10.2 Å². The van der Waals surface area contributed by atoms with Gasteiger partial charge in [0.2, 0.25) is 0 Å². The third-order valence-electron chi connectivity index (χ3n) is 1.77. The van der Waals surface area contributed by atoms with Crippen LogP contribution < -0.4 is 0 Å². The number of hydrogen-bond donors (Lipinski definition) is 0. The lowest BCUT2D eigenvalue weighted by molar-refractivity contribution is -0.421. The normalized spacial score (nSPS) is 11.0. The fourth-order valence-electron chi connectivity index (χ4n) is 1.11. The Morgan fingerprint density at radius 3 is 2.29 bits per heavy atom. The van der Waals surface area contributed by atoms with Gasteiger partial charge < -0.3 is 0 Å². The molecule has 1 rings (SSSR count). The first-order chi connectivity index (χ1) is 7.93. The summed E-state index contributed by atoms with van der Waals surface area (Å²) in [5, 5.41) is 28.8. The SMILES string of the molecule is CC(C)N=Nc1cccc([N+](=O)[O-])c1[N+](=O)[O-]. The van der Waals surface area contributed by atoms with Gasteiger partial charge in [0.1, 0.15) is 0 Å². The van der Waals surface area contributed by atoms with E-state index in [4.69, 9.17) is 0 Å². The molecule has 0 unspecified atom stereocenters. The summed E-state index contributed by atoms with van der Waals surface area (Å²) in [6, 6.07) is 3.57. The van der Waals surface area contributed by atoms with E-state index in [1.165, 1.54) is 12.1 Å². The molecule has 90 valence electrons. The highest BCUT2D eigenvalue weighted by molar-refractivity contribution is 5.68. The van der Waals surface area contributed by atoms with Crippen LogP contribution in [0.3, 0.4) is 0 Å². The summed E-state index contributed by atoms with van der Waals surface area (Å²) >= 11 is 0. The number of nitrogens with zero attached hydrogens (tertiary/aromatic N) is 4. The highest BCUT2D eigenvalue weighted by atomic mass is 16.6. The minimum absolute atomic E-state index is 0.113. The summed E-state index contributed by atoms with van der Waals surface area (Å²) in [6.45, 7) is 3.49. The first kappa shape index (κ1) is 12.7. The van der Waals surface area contributed by atoms with Crippen LogP contribution in [0.5, 0.6) is 0 Å². The van der Waals surface area contributed by atoms with Crippen LogP contribution >= 0.6 is 0 Å². The Kier molecular flexibility index (Phi) is 3.81. The van der Waals surface area contributed by atoms with Crippen molar-refractivity contribution >= 4 is 17.1 Å². The van der Waals surface area contributed by atoms with Crippen LogP contribution in [-0.4, -0.2) is 15.9 Å². The van der Waals surface area contributed by atoms with Gasteiger partial charge in [0, 0.05) is 6.07 Å². The van der Waals surface area contributed by atoms with Gasteiger partial charge in [-0.25, -0.2) is 0 Å². The molecule has 8 heteroatoms. The predicted octanol–water partition coefficient (Wildman–Crippen LogP) is 3.00. The van der Waals surface area contributed by atoms with Gasteiger partial charge in [-0.15, -0.1) is 5.11 Å². The fraction of sp³-hybridized carbons (Fsp3) is 0.333. The van der Waals surface area contributed by atoms with E-state index in [9.17, 15) is 20.2 Å². The lowest BCUT2D eigenvalue weighted by Crippen LogP contribution is -1.96. The van der Waals surface area contributed by atoms with E-state index in [-0.39, 0.29) is 11.7 Å². The molecule has 1 aromatic rings. The Labute approximate surface area is 96.3 Å². The van der Waals surface area contributed by atoms with Crippen LogP contribution in [0.15, 0.2) is 28.4 Å². The Balaban J connectivity index is 3.35. The maximum absolute atomic E-state index is 10.8. The molecule has 1 aromatic carbocycles. The number of azo groups is 1. The quantitative estimate of drug-likeness (QED) is 0.455. The highest BCUT2D eigenvalue weighted by Gasteiger charge is 2.28. The Hall–Kier alpha value is -2.38. The van der Waals surface area contributed by atoms with E-state index in [0.717, 1.165) is 6.07 Å². The van der Waals surface area contributed by atoms with Gasteiger partial charge in [0.25, 0.3) is 0 Å². The number of hydrogen-bond acceptors (Lipinski definition) is 6. The van der Waals surface area contributed by atoms with Crippen molar-refractivity contribution in [2.75, 3.05) is 0 Å². The summed E-state index contributed by atoms with van der Waals surface area (Å²) in [6.07, 6.45) is 0. The lowest BCUT2D eigenvalue weighted by Gasteiger charge is -1.98. The molecular weight excluding hydrogens is 228 g/mol. The number of para-hydroxylation sites is 1. The standard InChI is InChI=1S/C9H10N4O4/c1-6(2)10-11-7-4-3-5-8(12(14)15)9(7)13(16)17/h3-6H,1-2H3. The molecule has 0 aliphatic heterocycles. The number of benzene rings is 1. The number of nitro groups is 2. The molecule has 0 saturated heterocycles. The zero-order valence-electron chi connectivity index (χ0n) is 9.23. The Bertz CT molecular complexity index is 484. The Morgan fingerprint density at radius 1 is 1.18 bits per heavy atom. The first-order valence-corrected chi connectivity index (χ1v) is 4.76. The molecule has 0 radical (unpaired) electrons. The molecule has 0 aliphatic rings. The van der Waals surface area contributed by atoms with Gasteiger partial charge in [0.05, 0.1) is 15.9 Å². The van der Waals surface area contributed by atoms with Crippen LogP contribution in [0.4, 0.5) is 17.1 Å². The average molecular weight is 238 g/mol. The molecule has 0 atom stereocenters. The molecule has 0 heterocycles. The molecule has 0 spiro atoms. The summed E-state index contributed by atoms with van der Waals surface area (Å²) in [5.41, 5.74) is -1.34. The largest absolute Gasteiger partial charge is 0.373 e. The van der Waals surface area contributed by atoms with E-state index in [0.29, 0.717) is 0 Å². The molecule has 0 aliphatic carbocycles. The molecule has 0 fully saturated rings. The van der Waals surface area contributed by atoms with Gasteiger partial charge in [0.15, 0.2) is 5.69 Å². The van der Waals surface area contributed by atoms with Crippen molar-refractivity contribution in [3.05, 3.63) is 38.4 Å². The molecular formula is C9H10N4O4. The van der Waals surface area contributed by atoms with Crippen molar-refractivity contribution in [2.45, 2.75) is 19.9 Å². The number of rotatable bonds is 4. The summed E-state index contributed by atoms with van der Waals surface area (Å²) in [4.78, 5) is 19.8. The van der Waals surface area contributed by atoms with E-state index in [1.807, 2.05) is 0 Å². The highest BCUT2D eigenvalue weighted by Crippen LogP contribution is 2.36. The van der Waals surface area contributed by atoms with Gasteiger partial charge >= 0.3 is 11.4 Å². The molecule has 0 amide bonds. The van der Waals surface area contributed by atoms with Crippen LogP contribution in [0, 0.1) is 20.2 Å². The van der Waals surface area contributed by atoms with Crippen molar-refractivity contribution in [3.8, 4) is 0 Å². The van der Waals surface area contributed by atoms with Crippen LogP contribution in [0.2, 0.25) is 0 Å². The minimum Gasteiger partial charge on any atom is -0.258 e. The molecule has 0 saturated carbocycles. The zero-order chi connectivity index (χ0) is 13.0. The topological polar surface area (TPSA) is 111 Å². The number of nitro benzene ring substituents is 2. The van der Waals surface area contributed by atoms with E-state index >= 15 is 0 Å². The molecule has 8 nitrogen and oxygen atoms in total. The third-order valence-corrected chi connectivity index (χ3v) is 1.77. The van der Waals surface area contributed by atoms with Crippen molar-refractivity contribution in [1.29, 1.82) is 0 Å². The van der Waals surface area contributed by atoms with Crippen molar-refractivity contribution in [3.63, 3.8) is 0 Å². The predicted molar refractivity (Wildman–Crippen MR) is 59.4 cm³/mol. The zero-order valence-corrected chi connectivity index (χ0v) is 9.23. The van der Waals surface area contributed by atoms with E-state index in [2.05, 4.69) is 10.2 Å². The maximum atomic E-state index is 10.8. The van der Waals surface area contributed by atoms with Gasteiger partial charge in [-0.05, 0) is 19.9 Å². The van der Waals surface area contributed by atoms with E-state index in [1.54, 1.807) is 13.8 Å². The maximum Gasteiger partial charge on any atom is 0.373 e. The monoisotopic (exact) mass is 238 g/mol. The van der Waals surface area contributed by atoms with Gasteiger partial charge in [-0.2, -0.15) is 5.11 Å². The fourth-order valence-corrected chi connectivity index (χ4v) is 1.11. The smallest absolute Gasteiger partial charge is 0.258 e. The third kappa shape index (κ3) is 3.03. The summed E-state index contributed by atoms with van der Waals surface area (Å²) in [7, 11) is 0. The van der Waals surface area contributed by atoms with Crippen LogP contribution in [0.25, 0.3) is 0 Å². The second-order valence-corrected chi connectivity index (χ2v) is 3.47. The van der Waals surface area contributed by atoms with Gasteiger partial charge in [-0.1, -0.05) is 6.07 Å². The van der Waals surface area contributed by atoms with Crippen LogP contribution in [0.1, 0.15) is 13.8 Å². The second kappa shape index (κ2) is 5.10. The van der Waals surface area contributed by atoms with Gasteiger partial charge in [-0.3, -0.25) is 20.2 Å².